The van der Waals surface area contributed by atoms with Crippen molar-refractivity contribution in [2.45, 2.75) is 12.5 Å². The third kappa shape index (κ3) is 2.26. The zero-order valence-corrected chi connectivity index (χ0v) is 13.2. The zero-order valence-electron chi connectivity index (χ0n) is 11.7. The van der Waals surface area contributed by atoms with E-state index in [4.69, 9.17) is 23.2 Å². The molecule has 110 valence electrons. The maximum Gasteiger partial charge on any atom is 0.170 e. The minimum Gasteiger partial charge on any atom is -0.627 e. The Bertz CT molecular complexity index is 713. The summed E-state index contributed by atoms with van der Waals surface area (Å²) in [6.07, 6.45) is 0. The minimum atomic E-state index is -1.33. The van der Waals surface area contributed by atoms with E-state index in [-0.39, 0.29) is 6.54 Å². The van der Waals surface area contributed by atoms with E-state index >= 15 is 0 Å². The molecule has 3 rings (SSSR count). The molecular formula is C16H15Cl2NO2. The molecule has 0 aromatic heterocycles. The summed E-state index contributed by atoms with van der Waals surface area (Å²) >= 11 is 12.0. The fourth-order valence-electron chi connectivity index (χ4n) is 2.97. The van der Waals surface area contributed by atoms with Crippen LogP contribution in [0.25, 0.3) is 0 Å². The number of fused-ring (bicyclic) bond motifs is 1. The summed E-state index contributed by atoms with van der Waals surface area (Å²) in [6, 6.07) is 10.4. The van der Waals surface area contributed by atoms with Gasteiger partial charge in [0.15, 0.2) is 5.60 Å². The Morgan fingerprint density at radius 3 is 2.43 bits per heavy atom. The van der Waals surface area contributed by atoms with Gasteiger partial charge >= 0.3 is 0 Å². The lowest BCUT2D eigenvalue weighted by molar-refractivity contribution is 0.0772. The summed E-state index contributed by atoms with van der Waals surface area (Å²) in [5.74, 6) is 0. The molecule has 1 heterocycles. The molecule has 1 aliphatic rings. The maximum atomic E-state index is 12.7. The molecule has 2 aromatic carbocycles. The number of hydrogen-bond acceptors (Lipinski definition) is 2. The van der Waals surface area contributed by atoms with Gasteiger partial charge in [0.05, 0.1) is 12.6 Å². The lowest BCUT2D eigenvalue weighted by Crippen LogP contribution is -2.43. The van der Waals surface area contributed by atoms with Crippen molar-refractivity contribution in [3.8, 4) is 0 Å². The van der Waals surface area contributed by atoms with Gasteiger partial charge in [-0.25, -0.2) is 0 Å². The molecule has 0 fully saturated rings. The molecule has 5 heteroatoms. The molecule has 2 aromatic rings. The number of hydroxylamine groups is 2. The number of benzene rings is 2. The number of halogens is 2. The van der Waals surface area contributed by atoms with Gasteiger partial charge in [0.1, 0.15) is 12.2 Å². The molecule has 2 atom stereocenters. The number of quaternary nitrogens is 1. The quantitative estimate of drug-likeness (QED) is 0.637. The van der Waals surface area contributed by atoms with E-state index in [2.05, 4.69) is 0 Å². The second-order valence-corrected chi connectivity index (χ2v) is 6.59. The van der Waals surface area contributed by atoms with Crippen molar-refractivity contribution in [3.05, 3.63) is 68.3 Å². The van der Waals surface area contributed by atoms with E-state index in [9.17, 15) is 10.3 Å². The molecule has 1 N–H and O–H groups in total. The SMILES string of the molecule is Cc1cc2c(cc1Cl)[N+](C)([O-])CC2(O)c1ccc(Cl)cc1. The molecular weight excluding hydrogens is 309 g/mol. The van der Waals surface area contributed by atoms with Gasteiger partial charge in [-0.15, -0.1) is 0 Å². The highest BCUT2D eigenvalue weighted by molar-refractivity contribution is 6.31. The number of aliphatic hydroxyl groups is 1. The lowest BCUT2D eigenvalue weighted by Gasteiger charge is -2.35. The zero-order chi connectivity index (χ0) is 15.4. The van der Waals surface area contributed by atoms with Crippen molar-refractivity contribution in [1.29, 1.82) is 0 Å². The number of nitrogens with zero attached hydrogens (tertiary/aromatic N) is 1. The van der Waals surface area contributed by atoms with Crippen molar-refractivity contribution in [3.63, 3.8) is 0 Å². The van der Waals surface area contributed by atoms with Gasteiger partial charge in [-0.1, -0.05) is 35.3 Å². The van der Waals surface area contributed by atoms with Crippen LogP contribution in [0.4, 0.5) is 5.69 Å². The average Bonchev–Trinajstić information content (AvgIpc) is 2.59. The molecule has 21 heavy (non-hydrogen) atoms. The van der Waals surface area contributed by atoms with Crippen molar-refractivity contribution >= 4 is 28.9 Å². The Morgan fingerprint density at radius 2 is 1.81 bits per heavy atom. The molecule has 0 aliphatic carbocycles. The predicted octanol–water partition coefficient (Wildman–Crippen LogP) is 3.99. The van der Waals surface area contributed by atoms with Crippen molar-refractivity contribution in [2.75, 3.05) is 13.6 Å². The molecule has 0 saturated heterocycles. The van der Waals surface area contributed by atoms with Crippen LogP contribution >= 0.6 is 23.2 Å². The standard InChI is InChI=1S/C16H15Cl2NO2/c1-10-7-13-15(8-14(10)18)19(2,21)9-16(13,20)11-3-5-12(17)6-4-11/h3-8,20H,9H2,1-2H3. The van der Waals surface area contributed by atoms with Gasteiger partial charge < -0.3 is 15.0 Å². The fraction of sp³-hybridized carbons (Fsp3) is 0.250. The maximum absolute atomic E-state index is 12.7. The van der Waals surface area contributed by atoms with Crippen molar-refractivity contribution in [1.82, 2.24) is 4.65 Å². The summed E-state index contributed by atoms with van der Waals surface area (Å²) in [4.78, 5) is 0. The summed E-state index contributed by atoms with van der Waals surface area (Å²) < 4.78 is -0.658. The van der Waals surface area contributed by atoms with Crippen LogP contribution in [0.2, 0.25) is 10.0 Å². The third-order valence-electron chi connectivity index (χ3n) is 4.08. The highest BCUT2D eigenvalue weighted by Gasteiger charge is 2.48. The first-order valence-corrected chi connectivity index (χ1v) is 7.36. The van der Waals surface area contributed by atoms with Crippen LogP contribution in [-0.2, 0) is 5.60 Å². The van der Waals surface area contributed by atoms with Gasteiger partial charge in [0, 0.05) is 16.1 Å². The van der Waals surface area contributed by atoms with Gasteiger partial charge in [-0.05, 0) is 36.2 Å². The molecule has 0 spiro atoms. The van der Waals surface area contributed by atoms with Gasteiger partial charge in [-0.3, -0.25) is 0 Å². The predicted molar refractivity (Wildman–Crippen MR) is 86.6 cm³/mol. The molecule has 2 unspecified atom stereocenters. The second-order valence-electron chi connectivity index (χ2n) is 5.74. The van der Waals surface area contributed by atoms with E-state index in [1.807, 2.05) is 6.92 Å². The number of rotatable bonds is 1. The number of hydrogen-bond donors (Lipinski definition) is 1. The first-order valence-electron chi connectivity index (χ1n) is 6.60. The molecule has 0 bridgehead atoms. The van der Waals surface area contributed by atoms with Crippen molar-refractivity contribution < 1.29 is 5.11 Å². The number of aryl methyl sites for hydroxylation is 1. The second kappa shape index (κ2) is 4.70. The van der Waals surface area contributed by atoms with Crippen LogP contribution in [0.1, 0.15) is 16.7 Å². The molecule has 0 radical (unpaired) electrons. The van der Waals surface area contributed by atoms with E-state index in [1.54, 1.807) is 36.4 Å². The Kier molecular flexibility index (Phi) is 3.32. The first kappa shape index (κ1) is 14.8. The van der Waals surface area contributed by atoms with Crippen molar-refractivity contribution in [2.24, 2.45) is 0 Å². The average molecular weight is 324 g/mol. The summed E-state index contributed by atoms with van der Waals surface area (Å²) in [5, 5.41) is 25.0. The van der Waals surface area contributed by atoms with Crippen LogP contribution < -0.4 is 4.65 Å². The summed E-state index contributed by atoms with van der Waals surface area (Å²) in [5.41, 5.74) is 1.29. The minimum absolute atomic E-state index is 0.0176. The summed E-state index contributed by atoms with van der Waals surface area (Å²) in [7, 11) is 1.53. The molecule has 1 aliphatic heterocycles. The Morgan fingerprint density at radius 1 is 1.19 bits per heavy atom. The Balaban J connectivity index is 2.24. The largest absolute Gasteiger partial charge is 0.627 e. The van der Waals surface area contributed by atoms with E-state index in [0.717, 1.165) is 5.56 Å². The first-order chi connectivity index (χ1) is 9.74. The lowest BCUT2D eigenvalue weighted by atomic mass is 9.87. The normalized spacial score (nSPS) is 27.7. The molecule has 0 amide bonds. The highest BCUT2D eigenvalue weighted by atomic mass is 35.5. The van der Waals surface area contributed by atoms with Gasteiger partial charge in [0.2, 0.25) is 0 Å². The monoisotopic (exact) mass is 323 g/mol. The van der Waals surface area contributed by atoms with Gasteiger partial charge in [-0.2, -0.15) is 0 Å². The smallest absolute Gasteiger partial charge is 0.170 e. The molecule has 3 nitrogen and oxygen atoms in total. The number of likely N-dealkylation sites (N-methyl/N-ethyl adjacent to an activating group) is 1. The Labute approximate surface area is 133 Å². The van der Waals surface area contributed by atoms with Crippen LogP contribution in [0.5, 0.6) is 0 Å². The van der Waals surface area contributed by atoms with E-state index in [0.29, 0.717) is 26.9 Å². The van der Waals surface area contributed by atoms with Crippen LogP contribution in [-0.4, -0.2) is 18.7 Å². The van der Waals surface area contributed by atoms with Crippen LogP contribution in [0.3, 0.4) is 0 Å². The third-order valence-corrected chi connectivity index (χ3v) is 4.74. The molecule has 0 saturated carbocycles. The van der Waals surface area contributed by atoms with Gasteiger partial charge in [0.25, 0.3) is 0 Å². The van der Waals surface area contributed by atoms with Crippen LogP contribution in [0.15, 0.2) is 36.4 Å². The fourth-order valence-corrected chi connectivity index (χ4v) is 3.26. The van der Waals surface area contributed by atoms with E-state index < -0.39 is 10.2 Å². The Hall–Kier alpha value is -1.10. The van der Waals surface area contributed by atoms with Crippen LogP contribution in [0, 0.1) is 12.1 Å². The summed E-state index contributed by atoms with van der Waals surface area (Å²) in [6.45, 7) is 1.88. The van der Waals surface area contributed by atoms with E-state index in [1.165, 1.54) is 7.05 Å². The topological polar surface area (TPSA) is 43.3 Å². The highest BCUT2D eigenvalue weighted by Crippen LogP contribution is 2.47.